The molecule has 2 saturated heterocycles. The van der Waals surface area contributed by atoms with Crippen LogP contribution in [0.25, 0.3) is 5.69 Å². The van der Waals surface area contributed by atoms with Crippen molar-refractivity contribution in [2.24, 2.45) is 5.92 Å². The van der Waals surface area contributed by atoms with Crippen LogP contribution in [-0.4, -0.2) is 60.8 Å². The molecule has 2 aliphatic rings. The predicted octanol–water partition coefficient (Wildman–Crippen LogP) is 3.83. The summed E-state index contributed by atoms with van der Waals surface area (Å²) in [6.07, 6.45) is 9.71. The maximum absolute atomic E-state index is 6.42. The average Bonchev–Trinajstić information content (AvgIpc) is 3.35. The number of aromatic nitrogens is 6. The highest BCUT2D eigenvalue weighted by Crippen LogP contribution is 2.31. The van der Waals surface area contributed by atoms with Gasteiger partial charge in [0.1, 0.15) is 11.3 Å². The van der Waals surface area contributed by atoms with Crippen LogP contribution in [0.3, 0.4) is 0 Å². The fourth-order valence-corrected chi connectivity index (χ4v) is 5.09. The van der Waals surface area contributed by atoms with Gasteiger partial charge >= 0.3 is 0 Å². The topological polar surface area (TPSA) is 96.7 Å². The maximum atomic E-state index is 6.42. The second-order valence-electron chi connectivity index (χ2n) is 8.65. The van der Waals surface area contributed by atoms with Gasteiger partial charge in [0.25, 0.3) is 0 Å². The minimum atomic E-state index is 0.492. The lowest BCUT2D eigenvalue weighted by Gasteiger charge is -2.44. The molecule has 4 heterocycles. The van der Waals surface area contributed by atoms with Crippen molar-refractivity contribution in [1.29, 1.82) is 0 Å². The number of hydrogen-bond acceptors (Lipinski definition) is 8. The number of nitrogens with one attached hydrogen (secondary N) is 2. The van der Waals surface area contributed by atoms with E-state index in [9.17, 15) is 0 Å². The Labute approximate surface area is 192 Å². The zero-order valence-corrected chi connectivity index (χ0v) is 19.0. The van der Waals surface area contributed by atoms with Crippen molar-refractivity contribution in [3.8, 4) is 5.69 Å². The molecule has 5 rings (SSSR count). The van der Waals surface area contributed by atoms with Crippen LogP contribution in [0.4, 0.5) is 17.5 Å². The number of fused-ring (bicyclic) bond motifs is 1. The molecule has 168 valence electrons. The average molecular weight is 454 g/mol. The Kier molecular flexibility index (Phi) is 6.18. The molecule has 0 unspecified atom stereocenters. The van der Waals surface area contributed by atoms with Crippen molar-refractivity contribution in [3.63, 3.8) is 0 Å². The molecule has 2 aliphatic heterocycles. The molecule has 2 fully saturated rings. The van der Waals surface area contributed by atoms with Crippen molar-refractivity contribution >= 4 is 29.1 Å². The zero-order chi connectivity index (χ0) is 21.9. The number of halogens is 1. The first-order chi connectivity index (χ1) is 15.7. The van der Waals surface area contributed by atoms with E-state index < -0.39 is 0 Å². The number of tetrazole rings is 1. The first-order valence-corrected chi connectivity index (χ1v) is 11.7. The summed E-state index contributed by atoms with van der Waals surface area (Å²) in [4.78, 5) is 11.7. The van der Waals surface area contributed by atoms with Gasteiger partial charge in [0.05, 0.1) is 11.9 Å². The fourth-order valence-electron chi connectivity index (χ4n) is 4.93. The lowest BCUT2D eigenvalue weighted by Crippen LogP contribution is -2.49. The molecule has 10 heteroatoms. The van der Waals surface area contributed by atoms with Crippen molar-refractivity contribution in [3.05, 3.63) is 41.3 Å². The minimum absolute atomic E-state index is 0.492. The Morgan fingerprint density at radius 2 is 2.06 bits per heavy atom. The molecule has 1 aromatic carbocycles. The first-order valence-electron chi connectivity index (χ1n) is 11.3. The molecule has 0 amide bonds. The van der Waals surface area contributed by atoms with Gasteiger partial charge in [-0.25, -0.2) is 9.67 Å². The molecule has 3 aromatic rings. The van der Waals surface area contributed by atoms with Crippen LogP contribution >= 0.6 is 11.6 Å². The lowest BCUT2D eigenvalue weighted by molar-refractivity contribution is 0.0649. The summed E-state index contributed by atoms with van der Waals surface area (Å²) in [7, 11) is 0. The Balaban J connectivity index is 1.28. The normalized spacial score (nSPS) is 21.2. The van der Waals surface area contributed by atoms with Crippen LogP contribution in [0.1, 0.15) is 37.7 Å². The molecule has 0 radical (unpaired) electrons. The molecule has 32 heavy (non-hydrogen) atoms. The summed E-state index contributed by atoms with van der Waals surface area (Å²) in [5.41, 5.74) is 2.80. The second kappa shape index (κ2) is 9.38. The fraction of sp³-hybridized carbons (Fsp3) is 0.500. The Bertz CT molecular complexity index is 1050. The number of rotatable bonds is 6. The number of aryl methyl sites for hydroxylation is 1. The molecule has 2 atom stereocenters. The quantitative estimate of drug-likeness (QED) is 0.581. The van der Waals surface area contributed by atoms with E-state index in [0.29, 0.717) is 28.7 Å². The summed E-state index contributed by atoms with van der Waals surface area (Å²) >= 11 is 6.42. The predicted molar refractivity (Wildman–Crippen MR) is 125 cm³/mol. The van der Waals surface area contributed by atoms with Gasteiger partial charge in [-0.3, -0.25) is 0 Å². The summed E-state index contributed by atoms with van der Waals surface area (Å²) < 4.78 is 1.63. The lowest BCUT2D eigenvalue weighted by atomic mass is 9.83. The third kappa shape index (κ3) is 4.54. The highest BCUT2D eigenvalue weighted by atomic mass is 35.5. The summed E-state index contributed by atoms with van der Waals surface area (Å²) in [6.45, 7) is 5.38. The van der Waals surface area contributed by atoms with Crippen LogP contribution in [0.5, 0.6) is 0 Å². The molecular formula is C22H28ClN9. The number of anilines is 3. The summed E-state index contributed by atoms with van der Waals surface area (Å²) in [6, 6.07) is 6.64. The number of nitrogens with zero attached hydrogens (tertiary/aromatic N) is 7. The first kappa shape index (κ1) is 21.1. The smallest absolute Gasteiger partial charge is 0.229 e. The molecular weight excluding hydrogens is 426 g/mol. The van der Waals surface area contributed by atoms with Gasteiger partial charge in [-0.2, -0.15) is 4.98 Å². The van der Waals surface area contributed by atoms with Gasteiger partial charge in [-0.15, -0.1) is 5.10 Å². The summed E-state index contributed by atoms with van der Waals surface area (Å²) in [5.74, 6) is 1.79. The van der Waals surface area contributed by atoms with E-state index in [1.165, 1.54) is 45.2 Å². The van der Waals surface area contributed by atoms with E-state index in [-0.39, 0.29) is 0 Å². The van der Waals surface area contributed by atoms with Crippen molar-refractivity contribution in [2.45, 2.75) is 45.1 Å². The van der Waals surface area contributed by atoms with Crippen molar-refractivity contribution in [2.75, 3.05) is 30.3 Å². The van der Waals surface area contributed by atoms with E-state index in [1.807, 2.05) is 25.1 Å². The van der Waals surface area contributed by atoms with Gasteiger partial charge in [0.15, 0.2) is 5.82 Å². The van der Waals surface area contributed by atoms with Gasteiger partial charge in [0, 0.05) is 18.3 Å². The SMILES string of the molecule is Cc1ccc(Nc2ncc(Cl)c(NC[C@@H]3CCCN4CCCC[C@H]34)n2)cc1-n1cnnn1. The van der Waals surface area contributed by atoms with Crippen LogP contribution in [0.2, 0.25) is 5.02 Å². The van der Waals surface area contributed by atoms with E-state index in [4.69, 9.17) is 11.6 Å². The monoisotopic (exact) mass is 453 g/mol. The van der Waals surface area contributed by atoms with Gasteiger partial charge in [-0.05, 0) is 79.7 Å². The maximum Gasteiger partial charge on any atom is 0.229 e. The molecule has 2 N–H and O–H groups in total. The highest BCUT2D eigenvalue weighted by molar-refractivity contribution is 6.32. The number of piperidine rings is 2. The third-order valence-corrected chi connectivity index (χ3v) is 6.84. The van der Waals surface area contributed by atoms with Crippen molar-refractivity contribution in [1.82, 2.24) is 35.1 Å². The van der Waals surface area contributed by atoms with Crippen LogP contribution in [0.15, 0.2) is 30.7 Å². The Morgan fingerprint density at radius 3 is 2.94 bits per heavy atom. The van der Waals surface area contributed by atoms with Crippen LogP contribution < -0.4 is 10.6 Å². The van der Waals surface area contributed by atoms with Crippen LogP contribution in [0, 0.1) is 12.8 Å². The van der Waals surface area contributed by atoms with E-state index in [0.717, 1.165) is 23.5 Å². The van der Waals surface area contributed by atoms with Gasteiger partial charge in [0.2, 0.25) is 5.95 Å². The highest BCUT2D eigenvalue weighted by Gasteiger charge is 2.32. The largest absolute Gasteiger partial charge is 0.368 e. The zero-order valence-electron chi connectivity index (χ0n) is 18.2. The number of benzene rings is 1. The van der Waals surface area contributed by atoms with E-state index in [2.05, 4.69) is 41.0 Å². The van der Waals surface area contributed by atoms with E-state index in [1.54, 1.807) is 17.2 Å². The Morgan fingerprint density at radius 1 is 1.16 bits per heavy atom. The van der Waals surface area contributed by atoms with Gasteiger partial charge in [-0.1, -0.05) is 24.1 Å². The molecule has 0 saturated carbocycles. The molecule has 0 bridgehead atoms. The summed E-state index contributed by atoms with van der Waals surface area (Å²) in [5, 5.41) is 18.7. The third-order valence-electron chi connectivity index (χ3n) is 6.57. The van der Waals surface area contributed by atoms with Gasteiger partial charge < -0.3 is 15.5 Å². The minimum Gasteiger partial charge on any atom is -0.368 e. The standard InChI is InChI=1S/C22H28ClN9/c1-15-7-8-17(11-20(15)32-14-26-29-30-32)27-22-25-13-18(23)21(28-22)24-12-16-5-4-10-31-9-3-2-6-19(16)31/h7-8,11,13-14,16,19H,2-6,9-10,12H2,1H3,(H2,24,25,27,28)/t16-,19+/m0/s1. The number of hydrogen-bond donors (Lipinski definition) is 2. The van der Waals surface area contributed by atoms with Crippen molar-refractivity contribution < 1.29 is 0 Å². The second-order valence-corrected chi connectivity index (χ2v) is 9.06. The van der Waals surface area contributed by atoms with Crippen LogP contribution in [-0.2, 0) is 0 Å². The Hall–Kier alpha value is -2.78. The van der Waals surface area contributed by atoms with E-state index >= 15 is 0 Å². The molecule has 9 nitrogen and oxygen atoms in total. The molecule has 2 aromatic heterocycles. The molecule has 0 aliphatic carbocycles. The molecule has 0 spiro atoms.